The van der Waals surface area contributed by atoms with Gasteiger partial charge in [-0.2, -0.15) is 0 Å². The van der Waals surface area contributed by atoms with Crippen LogP contribution in [0.2, 0.25) is 0 Å². The molecule has 8 nitrogen and oxygen atoms in total. The van der Waals surface area contributed by atoms with E-state index in [1.807, 2.05) is 0 Å². The van der Waals surface area contributed by atoms with Crippen LogP contribution in [0.1, 0.15) is 12.5 Å². The van der Waals surface area contributed by atoms with E-state index in [1.54, 1.807) is 24.3 Å². The van der Waals surface area contributed by atoms with Gasteiger partial charge < -0.3 is 30.6 Å². The number of nitrogen functional groups attached to an aromatic ring is 1. The number of aliphatic carboxylic acids is 1. The number of hydrogen-bond acceptors (Lipinski definition) is 4. The summed E-state index contributed by atoms with van der Waals surface area (Å²) in [6.07, 6.45) is 0. The van der Waals surface area contributed by atoms with E-state index in [-0.39, 0.29) is 11.3 Å². The molecule has 9 heteroatoms. The first-order valence-electron chi connectivity index (χ1n) is 4.80. The molecule has 0 saturated carbocycles. The lowest BCUT2D eigenvalue weighted by molar-refractivity contribution is -0.132. The van der Waals surface area contributed by atoms with Crippen LogP contribution >= 0.6 is 7.82 Å². The molecule has 1 aromatic rings. The Kier molecular flexibility index (Phi) is 6.23. The molecule has 0 radical (unpaired) electrons. The summed E-state index contributed by atoms with van der Waals surface area (Å²) in [5.74, 6) is -1.46. The molecule has 0 unspecified atom stereocenters. The van der Waals surface area contributed by atoms with Crippen molar-refractivity contribution < 1.29 is 34.3 Å². The number of aliphatic hydroxyl groups excluding tert-OH is 1. The molecule has 1 rings (SSSR count). The van der Waals surface area contributed by atoms with Crippen molar-refractivity contribution in [1.29, 1.82) is 0 Å². The van der Waals surface area contributed by atoms with Gasteiger partial charge in [0.05, 0.1) is 5.57 Å². The van der Waals surface area contributed by atoms with Crippen LogP contribution in [0.15, 0.2) is 29.8 Å². The van der Waals surface area contributed by atoms with E-state index in [0.29, 0.717) is 11.3 Å². The Bertz CT molecular complexity index is 526. The van der Waals surface area contributed by atoms with Crippen molar-refractivity contribution in [2.45, 2.75) is 6.92 Å². The Labute approximate surface area is 108 Å². The van der Waals surface area contributed by atoms with E-state index in [4.69, 9.17) is 30.1 Å². The lowest BCUT2D eigenvalue weighted by Crippen LogP contribution is -2.02. The van der Waals surface area contributed by atoms with Crippen molar-refractivity contribution in [1.82, 2.24) is 0 Å². The van der Waals surface area contributed by atoms with Crippen molar-refractivity contribution in [2.24, 2.45) is 0 Å². The molecule has 0 fully saturated rings. The monoisotopic (exact) mass is 291 g/mol. The number of nitrogens with two attached hydrogens (primary N) is 1. The minimum Gasteiger partial charge on any atom is -0.507 e. The Hall–Kier alpha value is -1.86. The van der Waals surface area contributed by atoms with Crippen LogP contribution in [0.5, 0.6) is 0 Å². The van der Waals surface area contributed by atoms with Gasteiger partial charge in [-0.05, 0) is 19.1 Å². The highest BCUT2D eigenvalue weighted by atomic mass is 31.2. The van der Waals surface area contributed by atoms with Gasteiger partial charge in [0.1, 0.15) is 5.76 Å². The smallest absolute Gasteiger partial charge is 0.466 e. The lowest BCUT2D eigenvalue weighted by atomic mass is 10.1. The maximum absolute atomic E-state index is 10.6. The summed E-state index contributed by atoms with van der Waals surface area (Å²) < 4.78 is 8.88. The molecule has 0 aliphatic rings. The molecule has 0 aromatic heterocycles. The molecule has 106 valence electrons. The van der Waals surface area contributed by atoms with E-state index >= 15 is 0 Å². The van der Waals surface area contributed by atoms with Crippen LogP contribution in [-0.4, -0.2) is 30.9 Å². The Morgan fingerprint density at radius 3 is 1.95 bits per heavy atom. The van der Waals surface area contributed by atoms with Gasteiger partial charge in [-0.3, -0.25) is 0 Å². The second-order valence-electron chi connectivity index (χ2n) is 3.38. The first-order valence-corrected chi connectivity index (χ1v) is 6.37. The van der Waals surface area contributed by atoms with Gasteiger partial charge in [-0.1, -0.05) is 12.1 Å². The van der Waals surface area contributed by atoms with Crippen molar-refractivity contribution >= 4 is 25.2 Å². The zero-order chi connectivity index (χ0) is 15.2. The third-order valence-corrected chi connectivity index (χ3v) is 1.89. The fourth-order valence-electron chi connectivity index (χ4n) is 1.02. The molecule has 1 aromatic carbocycles. The molecule has 0 amide bonds. The normalized spacial score (nSPS) is 12.0. The third kappa shape index (κ3) is 7.22. The van der Waals surface area contributed by atoms with E-state index in [1.165, 1.54) is 6.92 Å². The second-order valence-corrected chi connectivity index (χ2v) is 4.41. The largest absolute Gasteiger partial charge is 0.507 e. The standard InChI is InChI=1S/C10H11NO3.H3O4P/c1-6(10(13)14)9(12)7-4-2-3-5-8(7)11;1-5(2,3)4/h2-5,12H,11H2,1H3,(H,13,14);(H3,1,2,3,4)/b9-6-;. The Morgan fingerprint density at radius 1 is 1.16 bits per heavy atom. The van der Waals surface area contributed by atoms with E-state index in [0.717, 1.165) is 0 Å². The average Bonchev–Trinajstić information content (AvgIpc) is 2.25. The van der Waals surface area contributed by atoms with Crippen LogP contribution in [0.3, 0.4) is 0 Å². The van der Waals surface area contributed by atoms with Gasteiger partial charge in [0.25, 0.3) is 0 Å². The summed E-state index contributed by atoms with van der Waals surface area (Å²) in [6.45, 7) is 1.32. The Balaban J connectivity index is 0.000000555. The van der Waals surface area contributed by atoms with Crippen LogP contribution in [-0.2, 0) is 9.36 Å². The van der Waals surface area contributed by atoms with Crippen molar-refractivity contribution in [3.05, 3.63) is 35.4 Å². The number of carbonyl (C=O) groups is 1. The number of hydrogen-bond donors (Lipinski definition) is 6. The van der Waals surface area contributed by atoms with Gasteiger partial charge in [0, 0.05) is 11.3 Å². The van der Waals surface area contributed by atoms with Gasteiger partial charge in [-0.15, -0.1) is 0 Å². The highest BCUT2D eigenvalue weighted by molar-refractivity contribution is 7.45. The predicted molar refractivity (Wildman–Crippen MR) is 68.0 cm³/mol. The molecular formula is C10H14NO7P. The highest BCUT2D eigenvalue weighted by Gasteiger charge is 2.11. The fraction of sp³-hybridized carbons (Fsp3) is 0.100. The van der Waals surface area contributed by atoms with Crippen LogP contribution in [0, 0.1) is 0 Å². The lowest BCUT2D eigenvalue weighted by Gasteiger charge is -2.05. The molecule has 0 aliphatic carbocycles. The number of aliphatic hydroxyl groups is 1. The maximum Gasteiger partial charge on any atom is 0.466 e. The van der Waals surface area contributed by atoms with Gasteiger partial charge in [0.2, 0.25) is 0 Å². The summed E-state index contributed by atoms with van der Waals surface area (Å²) >= 11 is 0. The predicted octanol–water partition coefficient (Wildman–Crippen LogP) is 0.714. The molecule has 0 spiro atoms. The summed E-state index contributed by atoms with van der Waals surface area (Å²) in [5, 5.41) is 18.2. The molecular weight excluding hydrogens is 277 g/mol. The minimum atomic E-state index is -4.64. The maximum atomic E-state index is 10.6. The number of phosphoric acid groups is 1. The number of rotatable bonds is 2. The number of carboxylic acids is 1. The highest BCUT2D eigenvalue weighted by Crippen LogP contribution is 2.25. The van der Waals surface area contributed by atoms with E-state index < -0.39 is 13.8 Å². The molecule has 0 bridgehead atoms. The number of carboxylic acid groups (broad SMARTS) is 1. The SMILES string of the molecule is C/C(C(=O)O)=C(/O)c1ccccc1N.O=P(O)(O)O. The zero-order valence-electron chi connectivity index (χ0n) is 9.89. The first kappa shape index (κ1) is 17.1. The third-order valence-electron chi connectivity index (χ3n) is 1.89. The molecule has 19 heavy (non-hydrogen) atoms. The summed E-state index contributed by atoms with van der Waals surface area (Å²) in [6, 6.07) is 6.55. The number of anilines is 1. The first-order chi connectivity index (χ1) is 8.54. The van der Waals surface area contributed by atoms with E-state index in [9.17, 15) is 9.90 Å². The average molecular weight is 291 g/mol. The van der Waals surface area contributed by atoms with E-state index in [2.05, 4.69) is 0 Å². The topological polar surface area (TPSA) is 161 Å². The van der Waals surface area contributed by atoms with Crippen LogP contribution in [0.4, 0.5) is 5.69 Å². The number of benzene rings is 1. The summed E-state index contributed by atoms with van der Waals surface area (Å²) in [4.78, 5) is 32.1. The van der Waals surface area contributed by atoms with Crippen molar-refractivity contribution in [3.63, 3.8) is 0 Å². The molecule has 0 atom stereocenters. The van der Waals surface area contributed by atoms with Gasteiger partial charge >= 0.3 is 13.8 Å². The zero-order valence-corrected chi connectivity index (χ0v) is 10.8. The van der Waals surface area contributed by atoms with Gasteiger partial charge in [-0.25, -0.2) is 9.36 Å². The molecule has 0 saturated heterocycles. The molecule has 0 aliphatic heterocycles. The quantitative estimate of drug-likeness (QED) is 0.201. The van der Waals surface area contributed by atoms with Crippen molar-refractivity contribution in [3.8, 4) is 0 Å². The fourth-order valence-corrected chi connectivity index (χ4v) is 1.02. The van der Waals surface area contributed by atoms with Crippen LogP contribution in [0.25, 0.3) is 5.76 Å². The number of para-hydroxylation sites is 1. The summed E-state index contributed by atoms with van der Waals surface area (Å²) in [7, 11) is -4.64. The minimum absolute atomic E-state index is 0.122. The van der Waals surface area contributed by atoms with Gasteiger partial charge in [0.15, 0.2) is 0 Å². The molecule has 7 N–H and O–H groups in total. The van der Waals surface area contributed by atoms with Crippen molar-refractivity contribution in [2.75, 3.05) is 5.73 Å². The second kappa shape index (κ2) is 6.91. The summed E-state index contributed by atoms with van der Waals surface area (Å²) in [5.41, 5.74) is 6.14. The van der Waals surface area contributed by atoms with Crippen LogP contribution < -0.4 is 5.73 Å². The Morgan fingerprint density at radius 2 is 1.58 bits per heavy atom. The molecule has 0 heterocycles.